The van der Waals surface area contributed by atoms with Crippen LogP contribution in [0.25, 0.3) is 21.5 Å². The Morgan fingerprint density at radius 3 is 2.79 bits per heavy atom. The van der Waals surface area contributed by atoms with Gasteiger partial charge in [0.05, 0.1) is 29.3 Å². The summed E-state index contributed by atoms with van der Waals surface area (Å²) < 4.78 is 28.4. The Hall–Kier alpha value is -4.15. The van der Waals surface area contributed by atoms with Crippen molar-refractivity contribution in [1.82, 2.24) is 19.5 Å². The molecule has 0 saturated heterocycles. The standard InChI is InChI=1S/C32H29FN4O4S/c1-31(37-12-11-34-17-37)16-41-30-23(31)15-27(36-28(30)19-3-7-22(33)8-4-19)32(39,21-5-6-21)10-9-24(38)20-13-25(40-2)29-26(14-20)42-18-35-29/h3-4,7-8,11-15,17-18,21,39H,5-6,9-10,16H2,1-2H3/t31-,32+/m0/s1. The van der Waals surface area contributed by atoms with Crippen molar-refractivity contribution in [1.29, 1.82) is 0 Å². The number of thiazole rings is 1. The van der Waals surface area contributed by atoms with Gasteiger partial charge in [0.25, 0.3) is 0 Å². The molecule has 0 spiro atoms. The number of hydrogen-bond donors (Lipinski definition) is 1. The van der Waals surface area contributed by atoms with Crippen LogP contribution in [0.5, 0.6) is 11.5 Å². The van der Waals surface area contributed by atoms with Crippen molar-refractivity contribution < 1.29 is 23.8 Å². The second-order valence-electron chi connectivity index (χ2n) is 11.3. The van der Waals surface area contributed by atoms with Crippen LogP contribution in [0.4, 0.5) is 4.39 Å². The molecular weight excluding hydrogens is 555 g/mol. The number of halogens is 1. The molecule has 2 aliphatic rings. The van der Waals surface area contributed by atoms with E-state index >= 15 is 0 Å². The number of carbonyl (C=O) groups is 1. The zero-order chi connectivity index (χ0) is 29.1. The third kappa shape index (κ3) is 4.37. The van der Waals surface area contributed by atoms with E-state index in [1.54, 1.807) is 43.3 Å². The van der Waals surface area contributed by atoms with Crippen LogP contribution in [0.3, 0.4) is 0 Å². The molecule has 5 aromatic rings. The summed E-state index contributed by atoms with van der Waals surface area (Å²) in [7, 11) is 1.56. The minimum atomic E-state index is -1.34. The summed E-state index contributed by atoms with van der Waals surface area (Å²) in [6.07, 6.45) is 7.36. The van der Waals surface area contributed by atoms with Gasteiger partial charge in [-0.1, -0.05) is 0 Å². The number of imidazole rings is 1. The molecule has 4 heterocycles. The minimum Gasteiger partial charge on any atom is -0.494 e. The molecule has 3 aromatic heterocycles. The number of benzene rings is 2. The highest BCUT2D eigenvalue weighted by atomic mass is 32.1. The van der Waals surface area contributed by atoms with Crippen LogP contribution in [-0.4, -0.2) is 44.1 Å². The Morgan fingerprint density at radius 1 is 1.26 bits per heavy atom. The molecule has 42 heavy (non-hydrogen) atoms. The second-order valence-corrected chi connectivity index (χ2v) is 12.2. The number of hydrogen-bond acceptors (Lipinski definition) is 8. The smallest absolute Gasteiger partial charge is 0.163 e. The van der Waals surface area contributed by atoms with E-state index in [-0.39, 0.29) is 30.4 Å². The first-order valence-electron chi connectivity index (χ1n) is 13.9. The Bertz CT molecular complexity index is 1800. The molecule has 0 unspecified atom stereocenters. The first-order valence-corrected chi connectivity index (χ1v) is 14.8. The monoisotopic (exact) mass is 584 g/mol. The summed E-state index contributed by atoms with van der Waals surface area (Å²) in [4.78, 5) is 27.1. The fraction of sp³-hybridized carbons (Fsp3) is 0.312. The molecule has 1 aliphatic carbocycles. The molecule has 8 nitrogen and oxygen atoms in total. The van der Waals surface area contributed by atoms with Crippen molar-refractivity contribution in [2.75, 3.05) is 13.7 Å². The van der Waals surface area contributed by atoms with Gasteiger partial charge in [0.2, 0.25) is 0 Å². The van der Waals surface area contributed by atoms with Crippen LogP contribution in [-0.2, 0) is 11.1 Å². The van der Waals surface area contributed by atoms with Crippen molar-refractivity contribution in [3.8, 4) is 22.8 Å². The van der Waals surface area contributed by atoms with Crippen molar-refractivity contribution in [3.05, 3.63) is 89.3 Å². The van der Waals surface area contributed by atoms with Crippen LogP contribution < -0.4 is 9.47 Å². The number of methoxy groups -OCH3 is 1. The van der Waals surface area contributed by atoms with Gasteiger partial charge in [0, 0.05) is 35.5 Å². The normalized spacial score (nSPS) is 19.3. The predicted molar refractivity (Wildman–Crippen MR) is 156 cm³/mol. The molecular formula is C32H29FN4O4S. The third-order valence-corrected chi connectivity index (χ3v) is 9.39. The van der Waals surface area contributed by atoms with Gasteiger partial charge in [0.1, 0.15) is 40.5 Å². The van der Waals surface area contributed by atoms with Gasteiger partial charge in [0.15, 0.2) is 11.5 Å². The van der Waals surface area contributed by atoms with Gasteiger partial charge in [-0.2, -0.15) is 0 Å². The molecule has 10 heteroatoms. The fourth-order valence-electron chi connectivity index (χ4n) is 5.96. The van der Waals surface area contributed by atoms with Crippen molar-refractivity contribution >= 4 is 27.3 Å². The number of aromatic nitrogens is 4. The minimum absolute atomic E-state index is 0.0303. The summed E-state index contributed by atoms with van der Waals surface area (Å²) in [6, 6.07) is 11.6. The number of ether oxygens (including phenoxy) is 2. The van der Waals surface area contributed by atoms with E-state index in [1.807, 2.05) is 22.9 Å². The van der Waals surface area contributed by atoms with E-state index in [2.05, 4.69) is 16.9 Å². The highest BCUT2D eigenvalue weighted by molar-refractivity contribution is 7.16. The van der Waals surface area contributed by atoms with E-state index in [0.29, 0.717) is 40.6 Å². The largest absolute Gasteiger partial charge is 0.494 e. The molecule has 1 fully saturated rings. The summed E-state index contributed by atoms with van der Waals surface area (Å²) >= 11 is 1.45. The molecule has 0 bridgehead atoms. The van der Waals surface area contributed by atoms with E-state index in [0.717, 1.165) is 28.6 Å². The van der Waals surface area contributed by atoms with Crippen LogP contribution in [0, 0.1) is 11.7 Å². The van der Waals surface area contributed by atoms with Crippen LogP contribution in [0.15, 0.2) is 66.7 Å². The lowest BCUT2D eigenvalue weighted by Crippen LogP contribution is -2.34. The summed E-state index contributed by atoms with van der Waals surface area (Å²) in [6.45, 7) is 2.40. The zero-order valence-electron chi connectivity index (χ0n) is 23.2. The summed E-state index contributed by atoms with van der Waals surface area (Å²) in [5.41, 5.74) is 3.62. The molecule has 0 amide bonds. The van der Waals surface area contributed by atoms with Crippen molar-refractivity contribution in [2.24, 2.45) is 5.92 Å². The Balaban J connectivity index is 1.29. The molecule has 214 valence electrons. The summed E-state index contributed by atoms with van der Waals surface area (Å²) in [5, 5.41) is 12.3. The van der Waals surface area contributed by atoms with Crippen LogP contribution in [0.1, 0.15) is 54.2 Å². The lowest BCUT2D eigenvalue weighted by molar-refractivity contribution is -0.00117. The number of aliphatic hydroxyl groups is 1. The first kappa shape index (κ1) is 26.7. The maximum Gasteiger partial charge on any atom is 0.163 e. The topological polar surface area (TPSA) is 99.4 Å². The zero-order valence-corrected chi connectivity index (χ0v) is 24.0. The summed E-state index contributed by atoms with van der Waals surface area (Å²) in [5.74, 6) is 0.682. The number of ketones is 1. The predicted octanol–water partition coefficient (Wildman–Crippen LogP) is 6.12. The maximum absolute atomic E-state index is 13.9. The SMILES string of the molecule is COc1cc(C(=O)CC[C@](O)(c2cc3c(c(-c4ccc(F)cc4)n2)OC[C@]3(C)n2ccnc2)C2CC2)cc2scnc12. The van der Waals surface area contributed by atoms with E-state index in [1.165, 1.54) is 23.5 Å². The van der Waals surface area contributed by atoms with E-state index in [9.17, 15) is 14.3 Å². The molecule has 7 rings (SSSR count). The third-order valence-electron chi connectivity index (χ3n) is 8.62. The number of Topliss-reactive ketones (excluding diaryl/α,β-unsaturated/α-hetero) is 1. The first-order chi connectivity index (χ1) is 20.3. The molecule has 0 radical (unpaired) electrons. The molecule has 1 N–H and O–H groups in total. The number of rotatable bonds is 9. The molecule has 2 atom stereocenters. The van der Waals surface area contributed by atoms with Gasteiger partial charge < -0.3 is 19.1 Å². The molecule has 1 aliphatic heterocycles. The Labute approximate surface area is 245 Å². The van der Waals surface area contributed by atoms with E-state index in [4.69, 9.17) is 14.5 Å². The van der Waals surface area contributed by atoms with Gasteiger partial charge in [-0.05, 0) is 74.6 Å². The number of pyridine rings is 1. The lowest BCUT2D eigenvalue weighted by Gasteiger charge is -2.30. The highest BCUT2D eigenvalue weighted by Gasteiger charge is 2.49. The second kappa shape index (κ2) is 9.99. The van der Waals surface area contributed by atoms with Crippen LogP contribution in [0.2, 0.25) is 0 Å². The Kier molecular flexibility index (Phi) is 6.36. The number of fused-ring (bicyclic) bond motifs is 2. The number of nitrogens with zero attached hydrogens (tertiary/aromatic N) is 4. The lowest BCUT2D eigenvalue weighted by atomic mass is 9.83. The average Bonchev–Trinajstić information content (AvgIpc) is 3.37. The average molecular weight is 585 g/mol. The van der Waals surface area contributed by atoms with Gasteiger partial charge in [-0.25, -0.2) is 19.3 Å². The van der Waals surface area contributed by atoms with Gasteiger partial charge in [-0.3, -0.25) is 4.79 Å². The molecule has 2 aromatic carbocycles. The highest BCUT2D eigenvalue weighted by Crippen LogP contribution is 2.52. The van der Waals surface area contributed by atoms with Gasteiger partial charge >= 0.3 is 0 Å². The van der Waals surface area contributed by atoms with Crippen LogP contribution >= 0.6 is 11.3 Å². The Morgan fingerprint density at radius 2 is 2.07 bits per heavy atom. The fourth-order valence-corrected chi connectivity index (χ4v) is 6.69. The maximum atomic E-state index is 13.9. The number of carbonyl (C=O) groups excluding carboxylic acids is 1. The quantitative estimate of drug-likeness (QED) is 0.209. The molecule has 1 saturated carbocycles. The van der Waals surface area contributed by atoms with Crippen molar-refractivity contribution in [3.63, 3.8) is 0 Å². The van der Waals surface area contributed by atoms with Crippen molar-refractivity contribution in [2.45, 2.75) is 43.7 Å². The van der Waals surface area contributed by atoms with Gasteiger partial charge in [-0.15, -0.1) is 11.3 Å². The van der Waals surface area contributed by atoms with E-state index < -0.39 is 11.1 Å².